The number of fused-ring (bicyclic) bond motifs is 13. The average molecular weight is 525 g/mol. The van der Waals surface area contributed by atoms with Crippen molar-refractivity contribution in [3.05, 3.63) is 70.4 Å². The van der Waals surface area contributed by atoms with Crippen molar-refractivity contribution in [2.45, 2.75) is 46.2 Å². The Labute approximate surface area is 221 Å². The Balaban J connectivity index is 1.57. The summed E-state index contributed by atoms with van der Waals surface area (Å²) < 4.78 is 31.4. The molecule has 202 valence electrons. The van der Waals surface area contributed by atoms with Gasteiger partial charge in [-0.2, -0.15) is 0 Å². The van der Waals surface area contributed by atoms with Gasteiger partial charge in [0.05, 0.1) is 12.8 Å². The average Bonchev–Trinajstić information content (AvgIpc) is 3.22. The van der Waals surface area contributed by atoms with Crippen molar-refractivity contribution in [1.29, 1.82) is 0 Å². The summed E-state index contributed by atoms with van der Waals surface area (Å²) in [5.74, 6) is 0.786. The summed E-state index contributed by atoms with van der Waals surface area (Å²) in [6.07, 6.45) is 1.62. The fourth-order valence-corrected chi connectivity index (χ4v) is 4.38. The molecule has 2 aliphatic heterocycles. The van der Waals surface area contributed by atoms with E-state index in [4.69, 9.17) is 14.0 Å². The first-order chi connectivity index (χ1) is 18.4. The van der Waals surface area contributed by atoms with Gasteiger partial charge in [-0.05, 0) is 63.6 Å². The highest BCUT2D eigenvalue weighted by molar-refractivity contribution is 5.94. The van der Waals surface area contributed by atoms with E-state index in [-0.39, 0.29) is 36.1 Å². The molecule has 0 radical (unpaired) electrons. The Hall–Kier alpha value is -3.92. The van der Waals surface area contributed by atoms with Gasteiger partial charge in [0, 0.05) is 49.3 Å². The van der Waals surface area contributed by atoms with Crippen molar-refractivity contribution in [2.24, 2.45) is 0 Å². The molecule has 2 amide bonds. The van der Waals surface area contributed by atoms with Crippen LogP contribution in [0.2, 0.25) is 0 Å². The highest BCUT2D eigenvalue weighted by Crippen LogP contribution is 2.34. The molecule has 2 N–H and O–H groups in total. The standard InChI is InChI=1S/C28H33FN4O5/c1-18-22(19(2)38-32-18)17-33-13-5-9-27(34)31-16-21-23(29)7-4-8-24(21)37-25-11-10-20(15-26(25)36-3)28(35)30-12-6-14-33/h4,7-8,10-11,15H,5-6,9,12-14,16-17H2,1-3H3,(H,30,35)(H,31,34). The fourth-order valence-electron chi connectivity index (χ4n) is 4.38. The fraction of sp³-hybridized carbons (Fsp3) is 0.393. The molecule has 0 spiro atoms. The number of benzene rings is 2. The quantitative estimate of drug-likeness (QED) is 0.527. The number of aryl methyl sites for hydroxylation is 2. The second-order valence-corrected chi connectivity index (χ2v) is 9.25. The zero-order chi connectivity index (χ0) is 27.1. The summed E-state index contributed by atoms with van der Waals surface area (Å²) >= 11 is 0. The third kappa shape index (κ3) is 6.69. The highest BCUT2D eigenvalue weighted by atomic mass is 19.1. The molecule has 38 heavy (non-hydrogen) atoms. The molecule has 0 fully saturated rings. The number of aromatic nitrogens is 1. The van der Waals surface area contributed by atoms with Gasteiger partial charge in [-0.15, -0.1) is 0 Å². The summed E-state index contributed by atoms with van der Waals surface area (Å²) in [6.45, 7) is 6.25. The molecule has 0 atom stereocenters. The Bertz CT molecular complexity index is 1270. The molecule has 2 bridgehead atoms. The summed E-state index contributed by atoms with van der Waals surface area (Å²) in [6, 6.07) is 9.31. The van der Waals surface area contributed by atoms with Gasteiger partial charge >= 0.3 is 0 Å². The van der Waals surface area contributed by atoms with Gasteiger partial charge in [0.1, 0.15) is 17.3 Å². The minimum atomic E-state index is -0.491. The van der Waals surface area contributed by atoms with Crippen molar-refractivity contribution in [3.63, 3.8) is 0 Å². The Morgan fingerprint density at radius 2 is 1.89 bits per heavy atom. The molecular weight excluding hydrogens is 491 g/mol. The van der Waals surface area contributed by atoms with E-state index in [0.29, 0.717) is 56.1 Å². The van der Waals surface area contributed by atoms with Gasteiger partial charge in [-0.25, -0.2) is 4.39 Å². The first kappa shape index (κ1) is 27.1. The Kier molecular flexibility index (Phi) is 8.96. The van der Waals surface area contributed by atoms with Crippen LogP contribution < -0.4 is 20.1 Å². The third-order valence-electron chi connectivity index (χ3n) is 6.56. The largest absolute Gasteiger partial charge is 0.493 e. The van der Waals surface area contributed by atoms with E-state index >= 15 is 0 Å². The van der Waals surface area contributed by atoms with E-state index in [9.17, 15) is 14.0 Å². The predicted molar refractivity (Wildman–Crippen MR) is 139 cm³/mol. The van der Waals surface area contributed by atoms with Crippen LogP contribution in [0.5, 0.6) is 17.2 Å². The van der Waals surface area contributed by atoms with E-state index in [2.05, 4.69) is 20.7 Å². The Morgan fingerprint density at radius 1 is 1.08 bits per heavy atom. The molecule has 3 aromatic rings. The van der Waals surface area contributed by atoms with Gasteiger partial charge in [0.2, 0.25) is 5.91 Å². The lowest BCUT2D eigenvalue weighted by Gasteiger charge is -2.22. The number of nitrogens with zero attached hydrogens (tertiary/aromatic N) is 2. The lowest BCUT2D eigenvalue weighted by molar-refractivity contribution is -0.121. The van der Waals surface area contributed by atoms with Crippen LogP contribution in [0.1, 0.15) is 52.2 Å². The molecule has 5 rings (SSSR count). The zero-order valence-electron chi connectivity index (χ0n) is 21.9. The lowest BCUT2D eigenvalue weighted by atomic mass is 10.1. The van der Waals surface area contributed by atoms with Crippen molar-refractivity contribution in [1.82, 2.24) is 20.7 Å². The number of hydrogen-bond donors (Lipinski definition) is 2. The molecule has 1 aromatic heterocycles. The number of hydrogen-bond acceptors (Lipinski definition) is 7. The van der Waals surface area contributed by atoms with Gasteiger partial charge in [-0.3, -0.25) is 14.5 Å². The second kappa shape index (κ2) is 12.6. The number of halogens is 1. The minimum Gasteiger partial charge on any atom is -0.493 e. The summed E-state index contributed by atoms with van der Waals surface area (Å²) in [5.41, 5.74) is 2.51. The second-order valence-electron chi connectivity index (χ2n) is 9.25. The third-order valence-corrected chi connectivity index (χ3v) is 6.56. The lowest BCUT2D eigenvalue weighted by Crippen LogP contribution is -2.31. The van der Waals surface area contributed by atoms with Crippen LogP contribution in [0.25, 0.3) is 0 Å². The van der Waals surface area contributed by atoms with E-state index in [1.807, 2.05) is 13.8 Å². The summed E-state index contributed by atoms with van der Waals surface area (Å²) in [7, 11) is 1.47. The van der Waals surface area contributed by atoms with Crippen molar-refractivity contribution < 1.29 is 28.0 Å². The van der Waals surface area contributed by atoms with E-state index in [0.717, 1.165) is 17.0 Å². The molecule has 0 saturated heterocycles. The monoisotopic (exact) mass is 524 g/mol. The first-order valence-electron chi connectivity index (χ1n) is 12.7. The molecule has 10 heteroatoms. The number of methoxy groups -OCH3 is 1. The number of ether oxygens (including phenoxy) is 2. The maximum Gasteiger partial charge on any atom is 0.251 e. The smallest absolute Gasteiger partial charge is 0.251 e. The van der Waals surface area contributed by atoms with Crippen molar-refractivity contribution >= 4 is 11.8 Å². The number of amides is 2. The first-order valence-corrected chi connectivity index (χ1v) is 12.7. The van der Waals surface area contributed by atoms with Crippen LogP contribution in [0.4, 0.5) is 4.39 Å². The summed E-state index contributed by atoms with van der Waals surface area (Å²) in [4.78, 5) is 27.6. The van der Waals surface area contributed by atoms with Crippen LogP contribution in [-0.2, 0) is 17.9 Å². The normalized spacial score (nSPS) is 15.9. The van der Waals surface area contributed by atoms with Gasteiger partial charge in [-0.1, -0.05) is 11.2 Å². The predicted octanol–water partition coefficient (Wildman–Crippen LogP) is 4.26. The molecule has 9 nitrogen and oxygen atoms in total. The van der Waals surface area contributed by atoms with E-state index in [1.54, 1.807) is 24.3 Å². The van der Waals surface area contributed by atoms with Gasteiger partial charge < -0.3 is 24.6 Å². The van der Waals surface area contributed by atoms with Crippen LogP contribution in [0.3, 0.4) is 0 Å². The molecule has 2 aliphatic rings. The maximum absolute atomic E-state index is 14.7. The molecule has 0 aliphatic carbocycles. The molecule has 2 aromatic carbocycles. The molecular formula is C28H33FN4O5. The van der Waals surface area contributed by atoms with Crippen molar-refractivity contribution in [3.8, 4) is 17.2 Å². The highest BCUT2D eigenvalue weighted by Gasteiger charge is 2.18. The van der Waals surface area contributed by atoms with Crippen LogP contribution in [0, 0.1) is 19.7 Å². The zero-order valence-corrected chi connectivity index (χ0v) is 21.9. The minimum absolute atomic E-state index is 0.0214. The number of carbonyl (C=O) groups is 2. The molecule has 0 unspecified atom stereocenters. The maximum atomic E-state index is 14.7. The number of nitrogens with one attached hydrogen (secondary N) is 2. The van der Waals surface area contributed by atoms with Crippen LogP contribution >= 0.6 is 0 Å². The van der Waals surface area contributed by atoms with Gasteiger partial charge in [0.25, 0.3) is 5.91 Å². The Morgan fingerprint density at radius 3 is 2.66 bits per heavy atom. The topological polar surface area (TPSA) is 106 Å². The van der Waals surface area contributed by atoms with Crippen LogP contribution in [0.15, 0.2) is 40.9 Å². The molecule has 3 heterocycles. The van der Waals surface area contributed by atoms with Crippen molar-refractivity contribution in [2.75, 3.05) is 26.7 Å². The van der Waals surface area contributed by atoms with E-state index in [1.165, 1.54) is 19.2 Å². The SMILES string of the molecule is COc1cc2ccc1Oc1cccc(F)c1CNC(=O)CCCN(Cc1c(C)noc1C)CCCNC2=O. The molecule has 0 saturated carbocycles. The van der Waals surface area contributed by atoms with E-state index < -0.39 is 5.82 Å². The van der Waals surface area contributed by atoms with Crippen LogP contribution in [-0.4, -0.2) is 48.6 Å². The van der Waals surface area contributed by atoms with Gasteiger partial charge in [0.15, 0.2) is 11.5 Å². The number of carbonyl (C=O) groups excluding carboxylic acids is 2. The number of rotatable bonds is 3. The summed E-state index contributed by atoms with van der Waals surface area (Å²) in [5, 5.41) is 9.81.